The number of aliphatic hydroxyl groups excluding tert-OH is 1. The van der Waals surface area contributed by atoms with Gasteiger partial charge in [0.15, 0.2) is 11.5 Å². The number of hydrogen-bond acceptors (Lipinski definition) is 6. The molecule has 0 aromatic heterocycles. The van der Waals surface area contributed by atoms with Gasteiger partial charge in [-0.05, 0) is 18.2 Å². The van der Waals surface area contributed by atoms with Crippen LogP contribution in [0.5, 0.6) is 11.5 Å². The van der Waals surface area contributed by atoms with Gasteiger partial charge in [0.2, 0.25) is 0 Å². The zero-order valence-electron chi connectivity index (χ0n) is 12.0. The van der Waals surface area contributed by atoms with Crippen molar-refractivity contribution >= 4 is 6.21 Å². The predicted octanol–water partition coefficient (Wildman–Crippen LogP) is 1.66. The molecule has 22 heavy (non-hydrogen) atoms. The number of aliphatic hydroxyl groups is 1. The van der Waals surface area contributed by atoms with Crippen LogP contribution in [-0.2, 0) is 9.57 Å². The van der Waals surface area contributed by atoms with Gasteiger partial charge < -0.3 is 24.2 Å². The van der Waals surface area contributed by atoms with E-state index in [1.54, 1.807) is 6.07 Å². The van der Waals surface area contributed by atoms with Crippen molar-refractivity contribution in [3.63, 3.8) is 0 Å². The van der Waals surface area contributed by atoms with Gasteiger partial charge in [-0.25, -0.2) is 0 Å². The van der Waals surface area contributed by atoms with E-state index >= 15 is 0 Å². The SMILES string of the molecule is COc1cc(/C=N/OCC2(CO)COC2)ccc1OC(F)F. The van der Waals surface area contributed by atoms with Gasteiger partial charge in [0, 0.05) is 5.56 Å². The maximum absolute atomic E-state index is 12.2. The third-order valence-electron chi connectivity index (χ3n) is 3.20. The van der Waals surface area contributed by atoms with Crippen molar-refractivity contribution in [1.29, 1.82) is 0 Å². The number of rotatable bonds is 8. The molecule has 8 heteroatoms. The number of oxime groups is 1. The first kappa shape index (κ1) is 16.4. The molecule has 0 saturated carbocycles. The minimum absolute atomic E-state index is 0.0317. The molecule has 1 heterocycles. The highest BCUT2D eigenvalue weighted by atomic mass is 19.3. The zero-order chi connectivity index (χ0) is 16.0. The Kier molecular flexibility index (Phi) is 5.51. The largest absolute Gasteiger partial charge is 0.493 e. The Hall–Kier alpha value is -1.93. The molecule has 1 aromatic rings. The van der Waals surface area contributed by atoms with Gasteiger partial charge in [-0.1, -0.05) is 5.16 Å². The molecule has 122 valence electrons. The van der Waals surface area contributed by atoms with Gasteiger partial charge >= 0.3 is 6.61 Å². The van der Waals surface area contributed by atoms with E-state index in [0.717, 1.165) is 0 Å². The highest BCUT2D eigenvalue weighted by molar-refractivity contribution is 5.80. The van der Waals surface area contributed by atoms with Crippen LogP contribution >= 0.6 is 0 Å². The van der Waals surface area contributed by atoms with Crippen molar-refractivity contribution in [2.45, 2.75) is 6.61 Å². The van der Waals surface area contributed by atoms with Crippen LogP contribution in [0.2, 0.25) is 0 Å². The Balaban J connectivity index is 1.93. The number of benzene rings is 1. The van der Waals surface area contributed by atoms with E-state index in [2.05, 4.69) is 9.89 Å². The second kappa shape index (κ2) is 7.37. The smallest absolute Gasteiger partial charge is 0.387 e. The molecule has 1 aliphatic rings. The Morgan fingerprint density at radius 3 is 2.73 bits per heavy atom. The summed E-state index contributed by atoms with van der Waals surface area (Å²) in [5.74, 6) is 0.116. The van der Waals surface area contributed by atoms with E-state index in [-0.39, 0.29) is 30.1 Å². The highest BCUT2D eigenvalue weighted by Gasteiger charge is 2.39. The van der Waals surface area contributed by atoms with Gasteiger partial charge in [-0.3, -0.25) is 0 Å². The lowest BCUT2D eigenvalue weighted by Crippen LogP contribution is -2.48. The van der Waals surface area contributed by atoms with Crippen molar-refractivity contribution in [2.75, 3.05) is 33.5 Å². The molecule has 0 amide bonds. The van der Waals surface area contributed by atoms with E-state index < -0.39 is 6.61 Å². The molecule has 1 aliphatic heterocycles. The van der Waals surface area contributed by atoms with Crippen LogP contribution in [-0.4, -0.2) is 51.5 Å². The second-order valence-electron chi connectivity index (χ2n) is 4.95. The maximum atomic E-state index is 12.2. The lowest BCUT2D eigenvalue weighted by Gasteiger charge is -2.38. The van der Waals surface area contributed by atoms with E-state index in [4.69, 9.17) is 14.3 Å². The molecule has 6 nitrogen and oxygen atoms in total. The van der Waals surface area contributed by atoms with Gasteiger partial charge in [0.1, 0.15) is 6.61 Å². The van der Waals surface area contributed by atoms with Crippen LogP contribution in [0, 0.1) is 5.41 Å². The maximum Gasteiger partial charge on any atom is 0.387 e. The zero-order valence-corrected chi connectivity index (χ0v) is 12.0. The summed E-state index contributed by atoms with van der Waals surface area (Å²) in [6.07, 6.45) is 1.42. The van der Waals surface area contributed by atoms with Crippen LogP contribution in [0.1, 0.15) is 5.56 Å². The number of methoxy groups -OCH3 is 1. The van der Waals surface area contributed by atoms with Crippen LogP contribution in [0.15, 0.2) is 23.4 Å². The fourth-order valence-corrected chi connectivity index (χ4v) is 1.84. The fourth-order valence-electron chi connectivity index (χ4n) is 1.84. The molecule has 0 bridgehead atoms. The standard InChI is InChI=1S/C14H17F2NO5/c1-19-12-4-10(2-3-11(12)22-13(15)16)5-17-21-9-14(6-18)7-20-8-14/h2-5,13,18H,6-9H2,1H3/b17-5+. The molecule has 0 radical (unpaired) electrons. The highest BCUT2D eigenvalue weighted by Crippen LogP contribution is 2.29. The third kappa shape index (κ3) is 4.05. The summed E-state index contributed by atoms with van der Waals surface area (Å²) < 4.78 is 38.8. The van der Waals surface area contributed by atoms with Gasteiger partial charge in [-0.2, -0.15) is 8.78 Å². The topological polar surface area (TPSA) is 69.5 Å². The van der Waals surface area contributed by atoms with Crippen molar-refractivity contribution in [3.8, 4) is 11.5 Å². The van der Waals surface area contributed by atoms with Crippen molar-refractivity contribution in [1.82, 2.24) is 0 Å². The molecular weight excluding hydrogens is 300 g/mol. The van der Waals surface area contributed by atoms with Gasteiger partial charge in [-0.15, -0.1) is 0 Å². The average Bonchev–Trinajstić information content (AvgIpc) is 2.46. The second-order valence-corrected chi connectivity index (χ2v) is 4.95. The molecule has 2 rings (SSSR count). The van der Waals surface area contributed by atoms with Crippen molar-refractivity contribution in [3.05, 3.63) is 23.8 Å². The lowest BCUT2D eigenvalue weighted by atomic mass is 9.88. The number of hydrogen-bond donors (Lipinski definition) is 1. The summed E-state index contributed by atoms with van der Waals surface area (Å²) in [4.78, 5) is 5.14. The van der Waals surface area contributed by atoms with E-state index in [0.29, 0.717) is 18.8 Å². The Labute approximate surface area is 126 Å². The monoisotopic (exact) mass is 317 g/mol. The van der Waals surface area contributed by atoms with Gasteiger partial charge in [0.25, 0.3) is 0 Å². The first-order valence-corrected chi connectivity index (χ1v) is 6.55. The Morgan fingerprint density at radius 1 is 1.41 bits per heavy atom. The summed E-state index contributed by atoms with van der Waals surface area (Å²) in [7, 11) is 1.35. The van der Waals surface area contributed by atoms with Crippen LogP contribution in [0.25, 0.3) is 0 Å². The summed E-state index contributed by atoms with van der Waals surface area (Å²) >= 11 is 0. The normalized spacial score (nSPS) is 16.6. The number of alkyl halides is 2. The number of nitrogens with zero attached hydrogens (tertiary/aromatic N) is 1. The number of ether oxygens (including phenoxy) is 3. The average molecular weight is 317 g/mol. The first-order chi connectivity index (χ1) is 10.6. The summed E-state index contributed by atoms with van der Waals surface area (Å²) in [6, 6.07) is 4.40. The third-order valence-corrected chi connectivity index (χ3v) is 3.20. The molecule has 1 saturated heterocycles. The Morgan fingerprint density at radius 2 is 2.18 bits per heavy atom. The molecule has 1 aromatic carbocycles. The van der Waals surface area contributed by atoms with Crippen LogP contribution in [0.3, 0.4) is 0 Å². The molecule has 1 fully saturated rings. The van der Waals surface area contributed by atoms with Crippen molar-refractivity contribution in [2.24, 2.45) is 10.6 Å². The quantitative estimate of drug-likeness (QED) is 0.583. The molecule has 0 aliphatic carbocycles. The minimum atomic E-state index is -2.92. The fraction of sp³-hybridized carbons (Fsp3) is 0.500. The minimum Gasteiger partial charge on any atom is -0.493 e. The molecule has 0 unspecified atom stereocenters. The summed E-state index contributed by atoms with van der Waals surface area (Å²) in [5.41, 5.74) is 0.214. The summed E-state index contributed by atoms with van der Waals surface area (Å²) in [6.45, 7) is -1.84. The first-order valence-electron chi connectivity index (χ1n) is 6.55. The van der Waals surface area contributed by atoms with Gasteiger partial charge in [0.05, 0.1) is 38.6 Å². The molecule has 1 N–H and O–H groups in total. The molecule has 0 atom stereocenters. The lowest BCUT2D eigenvalue weighted by molar-refractivity contribution is -0.168. The number of halogens is 2. The van der Waals surface area contributed by atoms with E-state index in [1.807, 2.05) is 0 Å². The molecular formula is C14H17F2NO5. The van der Waals surface area contributed by atoms with Crippen LogP contribution < -0.4 is 9.47 Å². The van der Waals surface area contributed by atoms with E-state index in [9.17, 15) is 13.9 Å². The predicted molar refractivity (Wildman–Crippen MR) is 73.5 cm³/mol. The van der Waals surface area contributed by atoms with Crippen LogP contribution in [0.4, 0.5) is 8.78 Å². The van der Waals surface area contributed by atoms with E-state index in [1.165, 1.54) is 25.5 Å². The molecule has 0 spiro atoms. The Bertz CT molecular complexity index is 514. The van der Waals surface area contributed by atoms with Crippen molar-refractivity contribution < 1.29 is 32.9 Å². The summed E-state index contributed by atoms with van der Waals surface area (Å²) in [5, 5.41) is 13.0.